The number of hydrogen-bond acceptors (Lipinski definition) is 2. The summed E-state index contributed by atoms with van der Waals surface area (Å²) in [5.41, 5.74) is 1.62. The van der Waals surface area contributed by atoms with Gasteiger partial charge >= 0.3 is 0 Å². The molecule has 1 N–H and O–H groups in total. The summed E-state index contributed by atoms with van der Waals surface area (Å²) < 4.78 is 5.13. The van der Waals surface area contributed by atoms with E-state index in [9.17, 15) is 4.79 Å². The molecule has 16 heavy (non-hydrogen) atoms. The van der Waals surface area contributed by atoms with Crippen LogP contribution in [-0.2, 0) is 0 Å². The molecule has 1 heterocycles. The summed E-state index contributed by atoms with van der Waals surface area (Å²) in [6.45, 7) is 1.82. The second kappa shape index (κ2) is 4.29. The van der Waals surface area contributed by atoms with Crippen molar-refractivity contribution in [2.45, 2.75) is 11.8 Å². The number of aromatic nitrogens is 1. The molecule has 4 heteroatoms. The van der Waals surface area contributed by atoms with Crippen molar-refractivity contribution in [3.05, 3.63) is 30.0 Å². The number of methoxy groups -OCH3 is 1. The van der Waals surface area contributed by atoms with E-state index in [0.717, 1.165) is 16.7 Å². The van der Waals surface area contributed by atoms with Crippen LogP contribution in [0.4, 0.5) is 0 Å². The number of benzene rings is 1. The first kappa shape index (κ1) is 11.2. The number of ether oxygens (including phenoxy) is 1. The van der Waals surface area contributed by atoms with Crippen molar-refractivity contribution < 1.29 is 9.53 Å². The van der Waals surface area contributed by atoms with Gasteiger partial charge in [-0.25, -0.2) is 0 Å². The molecule has 1 aromatic heterocycles. The first-order valence-electron chi connectivity index (χ1n) is 4.97. The Balaban J connectivity index is 2.53. The number of H-pyrrole nitrogens is 1. The molecular weight excluding hydrogens is 270 g/mol. The number of nitrogens with one attached hydrogen (secondary N) is 1. The van der Waals surface area contributed by atoms with Gasteiger partial charge in [-0.3, -0.25) is 4.79 Å². The second-order valence-electron chi connectivity index (χ2n) is 3.59. The lowest BCUT2D eigenvalue weighted by molar-refractivity contribution is 0.0997. The van der Waals surface area contributed by atoms with Gasteiger partial charge < -0.3 is 9.72 Å². The third-order valence-electron chi connectivity index (χ3n) is 2.52. The maximum Gasteiger partial charge on any atom is 0.178 e. The first-order chi connectivity index (χ1) is 7.63. The fraction of sp³-hybridized carbons (Fsp3) is 0.250. The maximum atomic E-state index is 11.9. The Labute approximate surface area is 102 Å². The lowest BCUT2D eigenvalue weighted by Crippen LogP contribution is -2.08. The quantitative estimate of drug-likeness (QED) is 0.694. The summed E-state index contributed by atoms with van der Waals surface area (Å²) >= 11 is 3.29. The molecule has 0 saturated heterocycles. The minimum atomic E-state index is -0.173. The Kier molecular flexibility index (Phi) is 3.01. The molecule has 84 valence electrons. The maximum absolute atomic E-state index is 11.9. The largest absolute Gasteiger partial charge is 0.497 e. The van der Waals surface area contributed by atoms with Gasteiger partial charge in [-0.2, -0.15) is 0 Å². The zero-order valence-electron chi connectivity index (χ0n) is 9.08. The van der Waals surface area contributed by atoms with Gasteiger partial charge in [0.25, 0.3) is 0 Å². The van der Waals surface area contributed by atoms with E-state index in [1.807, 2.05) is 25.1 Å². The summed E-state index contributed by atoms with van der Waals surface area (Å²) in [7, 11) is 1.62. The summed E-state index contributed by atoms with van der Waals surface area (Å²) in [5.74, 6) is 0.858. The van der Waals surface area contributed by atoms with Gasteiger partial charge in [0.2, 0.25) is 0 Å². The molecule has 3 nitrogen and oxygen atoms in total. The zero-order valence-corrected chi connectivity index (χ0v) is 10.7. The third kappa shape index (κ3) is 1.85. The standard InChI is InChI=1S/C12H12BrNO2/c1-7(13)12(15)10-6-14-11-5-8(16-2)3-4-9(10)11/h3-7,14H,1-2H3/t7-/m1/s1. The van der Waals surface area contributed by atoms with Crippen LogP contribution in [0.5, 0.6) is 5.75 Å². The minimum absolute atomic E-state index is 0.0800. The van der Waals surface area contributed by atoms with Crippen LogP contribution < -0.4 is 4.74 Å². The van der Waals surface area contributed by atoms with Crippen molar-refractivity contribution in [3.63, 3.8) is 0 Å². The topological polar surface area (TPSA) is 42.1 Å². The highest BCUT2D eigenvalue weighted by Crippen LogP contribution is 2.24. The van der Waals surface area contributed by atoms with Gasteiger partial charge in [0.05, 0.1) is 11.9 Å². The highest BCUT2D eigenvalue weighted by Gasteiger charge is 2.16. The molecule has 0 saturated carbocycles. The van der Waals surface area contributed by atoms with Crippen molar-refractivity contribution in [3.8, 4) is 5.75 Å². The number of carbonyl (C=O) groups excluding carboxylic acids is 1. The molecule has 0 bridgehead atoms. The fourth-order valence-electron chi connectivity index (χ4n) is 1.65. The average Bonchev–Trinajstić information content (AvgIpc) is 2.70. The number of rotatable bonds is 3. The van der Waals surface area contributed by atoms with Crippen LogP contribution >= 0.6 is 15.9 Å². The van der Waals surface area contributed by atoms with Crippen molar-refractivity contribution in [2.24, 2.45) is 0 Å². The van der Waals surface area contributed by atoms with Crippen LogP contribution in [0, 0.1) is 0 Å². The fourth-order valence-corrected chi connectivity index (χ4v) is 1.90. The molecule has 1 atom stereocenters. The van der Waals surface area contributed by atoms with Crippen molar-refractivity contribution in [1.82, 2.24) is 4.98 Å². The van der Waals surface area contributed by atoms with Gasteiger partial charge in [0.15, 0.2) is 5.78 Å². The number of Topliss-reactive ketones (excluding diaryl/α,β-unsaturated/α-hetero) is 1. The summed E-state index contributed by atoms with van der Waals surface area (Å²) in [6, 6.07) is 5.63. The highest BCUT2D eigenvalue weighted by molar-refractivity contribution is 9.10. The Hall–Kier alpha value is -1.29. The number of ketones is 1. The van der Waals surface area contributed by atoms with Gasteiger partial charge in [-0.1, -0.05) is 15.9 Å². The average molecular weight is 282 g/mol. The third-order valence-corrected chi connectivity index (χ3v) is 2.93. The number of carbonyl (C=O) groups is 1. The van der Waals surface area contributed by atoms with Gasteiger partial charge in [0.1, 0.15) is 5.75 Å². The summed E-state index contributed by atoms with van der Waals surface area (Å²) in [4.78, 5) is 14.8. The highest BCUT2D eigenvalue weighted by atomic mass is 79.9. The molecule has 0 unspecified atom stereocenters. The molecule has 0 aliphatic carbocycles. The van der Waals surface area contributed by atoms with E-state index in [1.165, 1.54) is 0 Å². The summed E-state index contributed by atoms with van der Waals surface area (Å²) in [5, 5.41) is 0.928. The van der Waals surface area contributed by atoms with Crippen LogP contribution in [0.1, 0.15) is 17.3 Å². The second-order valence-corrected chi connectivity index (χ2v) is 4.97. The lowest BCUT2D eigenvalue weighted by Gasteiger charge is -2.02. The SMILES string of the molecule is COc1ccc2c(C(=O)[C@@H](C)Br)c[nH]c2c1. The van der Waals surface area contributed by atoms with Gasteiger partial charge in [-0.05, 0) is 19.1 Å². The number of fused-ring (bicyclic) bond motifs is 1. The van der Waals surface area contributed by atoms with E-state index < -0.39 is 0 Å². The van der Waals surface area contributed by atoms with Crippen LogP contribution in [0.15, 0.2) is 24.4 Å². The molecular formula is C12H12BrNO2. The predicted octanol–water partition coefficient (Wildman–Crippen LogP) is 3.14. The molecule has 0 radical (unpaired) electrons. The van der Waals surface area contributed by atoms with E-state index in [2.05, 4.69) is 20.9 Å². The van der Waals surface area contributed by atoms with Crippen molar-refractivity contribution in [2.75, 3.05) is 7.11 Å². The van der Waals surface area contributed by atoms with Crippen LogP contribution in [0.2, 0.25) is 0 Å². The van der Waals surface area contributed by atoms with E-state index in [4.69, 9.17) is 4.74 Å². The monoisotopic (exact) mass is 281 g/mol. The molecule has 0 spiro atoms. The Morgan fingerprint density at radius 2 is 2.25 bits per heavy atom. The number of alkyl halides is 1. The Morgan fingerprint density at radius 1 is 1.50 bits per heavy atom. The van der Waals surface area contributed by atoms with E-state index in [1.54, 1.807) is 13.3 Å². The first-order valence-corrected chi connectivity index (χ1v) is 5.88. The predicted molar refractivity (Wildman–Crippen MR) is 67.6 cm³/mol. The zero-order chi connectivity index (χ0) is 11.7. The number of hydrogen-bond donors (Lipinski definition) is 1. The Morgan fingerprint density at radius 3 is 2.88 bits per heavy atom. The van der Waals surface area contributed by atoms with Gasteiger partial charge in [0, 0.05) is 28.7 Å². The lowest BCUT2D eigenvalue weighted by atomic mass is 10.1. The smallest absolute Gasteiger partial charge is 0.178 e. The van der Waals surface area contributed by atoms with E-state index in [0.29, 0.717) is 5.56 Å². The van der Waals surface area contributed by atoms with E-state index >= 15 is 0 Å². The molecule has 1 aromatic carbocycles. The molecule has 0 aliphatic heterocycles. The van der Waals surface area contributed by atoms with Crippen molar-refractivity contribution >= 4 is 32.6 Å². The van der Waals surface area contributed by atoms with Crippen LogP contribution in [-0.4, -0.2) is 22.7 Å². The minimum Gasteiger partial charge on any atom is -0.497 e. The Bertz CT molecular complexity index is 531. The molecule has 0 fully saturated rings. The molecule has 2 rings (SSSR count). The molecule has 2 aromatic rings. The van der Waals surface area contributed by atoms with Crippen molar-refractivity contribution in [1.29, 1.82) is 0 Å². The molecule has 0 aliphatic rings. The van der Waals surface area contributed by atoms with Gasteiger partial charge in [-0.15, -0.1) is 0 Å². The number of aromatic amines is 1. The van der Waals surface area contributed by atoms with Crippen LogP contribution in [0.3, 0.4) is 0 Å². The normalized spacial score (nSPS) is 12.7. The van der Waals surface area contributed by atoms with E-state index in [-0.39, 0.29) is 10.6 Å². The number of halogens is 1. The van der Waals surface area contributed by atoms with Crippen LogP contribution in [0.25, 0.3) is 10.9 Å². The summed E-state index contributed by atoms with van der Waals surface area (Å²) in [6.07, 6.45) is 1.74. The molecule has 0 amide bonds.